The molecule has 5 heteroatoms. The van der Waals surface area contributed by atoms with Crippen molar-refractivity contribution in [3.63, 3.8) is 0 Å². The van der Waals surface area contributed by atoms with E-state index in [1.807, 2.05) is 35.2 Å². The maximum absolute atomic E-state index is 13.0. The normalized spacial score (nSPS) is 26.3. The topological polar surface area (TPSA) is 66.6 Å². The summed E-state index contributed by atoms with van der Waals surface area (Å²) in [7, 11) is 0. The summed E-state index contributed by atoms with van der Waals surface area (Å²) >= 11 is 0. The van der Waals surface area contributed by atoms with Crippen LogP contribution in [0.4, 0.5) is 0 Å². The third-order valence-electron chi connectivity index (χ3n) is 6.08. The number of carbonyl (C=O) groups excluding carboxylic acids is 1. The molecule has 1 aliphatic heterocycles. The van der Waals surface area contributed by atoms with Gasteiger partial charge in [-0.05, 0) is 37.2 Å². The number of nitrogens with two attached hydrogens (primary N) is 1. The van der Waals surface area contributed by atoms with Gasteiger partial charge in [0.1, 0.15) is 0 Å². The van der Waals surface area contributed by atoms with Gasteiger partial charge in [0, 0.05) is 19.1 Å². The van der Waals surface area contributed by atoms with Gasteiger partial charge in [0.2, 0.25) is 5.91 Å². The first kappa shape index (κ1) is 21.2. The number of piperidine rings is 1. The van der Waals surface area contributed by atoms with E-state index in [9.17, 15) is 9.90 Å². The van der Waals surface area contributed by atoms with Crippen molar-refractivity contribution in [3.05, 3.63) is 35.9 Å². The van der Waals surface area contributed by atoms with Crippen LogP contribution in [-0.2, 0) is 4.79 Å². The molecule has 3 N–H and O–H groups in total. The van der Waals surface area contributed by atoms with Gasteiger partial charge in [0.05, 0.1) is 12.0 Å². The Morgan fingerprint density at radius 1 is 1.00 bits per heavy atom. The van der Waals surface area contributed by atoms with E-state index in [0.29, 0.717) is 0 Å². The molecular formula is C21H33ClN2O2. The van der Waals surface area contributed by atoms with Crippen molar-refractivity contribution in [3.8, 4) is 0 Å². The highest BCUT2D eigenvalue weighted by Gasteiger charge is 2.33. The maximum Gasteiger partial charge on any atom is 0.227 e. The van der Waals surface area contributed by atoms with Crippen molar-refractivity contribution < 1.29 is 9.90 Å². The number of likely N-dealkylation sites (tertiary alicyclic amines) is 1. The molecular weight excluding hydrogens is 348 g/mol. The maximum atomic E-state index is 13.0. The number of benzene rings is 1. The summed E-state index contributed by atoms with van der Waals surface area (Å²) in [6, 6.07) is 9.88. The van der Waals surface area contributed by atoms with Gasteiger partial charge in [-0.1, -0.05) is 56.0 Å². The molecule has 0 bridgehead atoms. The molecule has 3 unspecified atom stereocenters. The van der Waals surface area contributed by atoms with Gasteiger partial charge in [-0.3, -0.25) is 4.79 Å². The van der Waals surface area contributed by atoms with Crippen LogP contribution in [0, 0.1) is 11.8 Å². The second-order valence-electron chi connectivity index (χ2n) is 7.78. The van der Waals surface area contributed by atoms with E-state index in [1.54, 1.807) is 0 Å². The lowest BCUT2D eigenvalue weighted by atomic mass is 9.84. The van der Waals surface area contributed by atoms with Crippen molar-refractivity contribution >= 4 is 18.3 Å². The van der Waals surface area contributed by atoms with Gasteiger partial charge in [-0.25, -0.2) is 0 Å². The van der Waals surface area contributed by atoms with E-state index < -0.39 is 6.10 Å². The van der Waals surface area contributed by atoms with E-state index in [1.165, 1.54) is 12.8 Å². The van der Waals surface area contributed by atoms with Crippen LogP contribution in [0.1, 0.15) is 63.0 Å². The molecule has 1 aromatic carbocycles. The van der Waals surface area contributed by atoms with Crippen molar-refractivity contribution in [2.24, 2.45) is 17.6 Å². The lowest BCUT2D eigenvalue weighted by molar-refractivity contribution is -0.138. The molecule has 1 saturated heterocycles. The molecule has 0 radical (unpaired) electrons. The van der Waals surface area contributed by atoms with Crippen LogP contribution in [0.15, 0.2) is 30.3 Å². The standard InChI is InChI=1S/C21H32N2O2.ClH/c22-19-11-7-2-1-6-10-18(19)21(25)23-14-12-17(13-15-23)20(24)16-8-4-3-5-9-16;/h3-5,8-9,17-20,24H,1-2,6-7,10-15,22H2;1H. The number of hydrogen-bond donors (Lipinski definition) is 2. The Kier molecular flexibility index (Phi) is 8.39. The van der Waals surface area contributed by atoms with Gasteiger partial charge in [-0.2, -0.15) is 0 Å². The largest absolute Gasteiger partial charge is 0.388 e. The SMILES string of the molecule is Cl.NC1CCCCCCC1C(=O)N1CCC(C(O)c2ccccc2)CC1. The number of carbonyl (C=O) groups is 1. The number of halogens is 1. The van der Waals surface area contributed by atoms with Crippen LogP contribution in [0.25, 0.3) is 0 Å². The number of aliphatic hydroxyl groups is 1. The second-order valence-corrected chi connectivity index (χ2v) is 7.78. The molecule has 0 aromatic heterocycles. The fourth-order valence-corrected chi connectivity index (χ4v) is 4.41. The predicted molar refractivity (Wildman–Crippen MR) is 107 cm³/mol. The van der Waals surface area contributed by atoms with Crippen LogP contribution >= 0.6 is 12.4 Å². The second kappa shape index (κ2) is 10.3. The zero-order chi connectivity index (χ0) is 17.6. The zero-order valence-corrected chi connectivity index (χ0v) is 16.4. The van der Waals surface area contributed by atoms with E-state index in [4.69, 9.17) is 5.73 Å². The van der Waals surface area contributed by atoms with Crippen LogP contribution < -0.4 is 5.73 Å². The van der Waals surface area contributed by atoms with E-state index in [-0.39, 0.29) is 36.2 Å². The molecule has 3 atom stereocenters. The van der Waals surface area contributed by atoms with Crippen LogP contribution in [0.5, 0.6) is 0 Å². The zero-order valence-electron chi connectivity index (χ0n) is 15.6. The Morgan fingerprint density at radius 3 is 2.27 bits per heavy atom. The first-order valence-corrected chi connectivity index (χ1v) is 9.94. The third kappa shape index (κ3) is 5.21. The quantitative estimate of drug-likeness (QED) is 0.840. The van der Waals surface area contributed by atoms with Crippen molar-refractivity contribution in [2.45, 2.75) is 63.5 Å². The van der Waals surface area contributed by atoms with Crippen molar-refractivity contribution in [2.75, 3.05) is 13.1 Å². The molecule has 1 saturated carbocycles. The first-order valence-electron chi connectivity index (χ1n) is 9.94. The number of amides is 1. The smallest absolute Gasteiger partial charge is 0.227 e. The molecule has 2 fully saturated rings. The van der Waals surface area contributed by atoms with Gasteiger partial charge < -0.3 is 15.7 Å². The molecule has 1 aliphatic carbocycles. The van der Waals surface area contributed by atoms with Gasteiger partial charge in [-0.15, -0.1) is 12.4 Å². The van der Waals surface area contributed by atoms with Crippen LogP contribution in [-0.4, -0.2) is 35.0 Å². The fourth-order valence-electron chi connectivity index (χ4n) is 4.41. The summed E-state index contributed by atoms with van der Waals surface area (Å²) in [5.41, 5.74) is 7.30. The highest BCUT2D eigenvalue weighted by atomic mass is 35.5. The Bertz CT molecular complexity index is 546. The van der Waals surface area contributed by atoms with Gasteiger partial charge >= 0.3 is 0 Å². The number of rotatable bonds is 3. The minimum Gasteiger partial charge on any atom is -0.388 e. The molecule has 4 nitrogen and oxygen atoms in total. The summed E-state index contributed by atoms with van der Waals surface area (Å²) < 4.78 is 0. The molecule has 1 amide bonds. The Morgan fingerprint density at radius 2 is 1.62 bits per heavy atom. The number of aliphatic hydroxyl groups excluding tert-OH is 1. The van der Waals surface area contributed by atoms with Crippen molar-refractivity contribution in [1.82, 2.24) is 4.90 Å². The van der Waals surface area contributed by atoms with Gasteiger partial charge in [0.15, 0.2) is 0 Å². The monoisotopic (exact) mass is 380 g/mol. The van der Waals surface area contributed by atoms with Crippen LogP contribution in [0.3, 0.4) is 0 Å². The van der Waals surface area contributed by atoms with Crippen LogP contribution in [0.2, 0.25) is 0 Å². The lowest BCUT2D eigenvalue weighted by Gasteiger charge is -2.37. The summed E-state index contributed by atoms with van der Waals surface area (Å²) in [5.74, 6) is 0.482. The van der Waals surface area contributed by atoms with E-state index >= 15 is 0 Å². The average molecular weight is 381 g/mol. The fraction of sp³-hybridized carbons (Fsp3) is 0.667. The molecule has 26 heavy (non-hydrogen) atoms. The molecule has 3 rings (SSSR count). The van der Waals surface area contributed by atoms with E-state index in [0.717, 1.165) is 57.2 Å². The Balaban J connectivity index is 0.00000243. The van der Waals surface area contributed by atoms with Crippen molar-refractivity contribution in [1.29, 1.82) is 0 Å². The average Bonchev–Trinajstić information content (AvgIpc) is 2.65. The summed E-state index contributed by atoms with van der Waals surface area (Å²) in [4.78, 5) is 15.0. The molecule has 2 aliphatic rings. The third-order valence-corrected chi connectivity index (χ3v) is 6.08. The summed E-state index contributed by atoms with van der Waals surface area (Å²) in [5, 5.41) is 10.6. The highest BCUT2D eigenvalue weighted by molar-refractivity contribution is 5.85. The summed E-state index contributed by atoms with van der Waals surface area (Å²) in [6.07, 6.45) is 7.95. The molecule has 1 aromatic rings. The van der Waals surface area contributed by atoms with E-state index in [2.05, 4.69) is 0 Å². The molecule has 1 heterocycles. The van der Waals surface area contributed by atoms with Gasteiger partial charge in [0.25, 0.3) is 0 Å². The molecule has 0 spiro atoms. The first-order chi connectivity index (χ1) is 12.2. The minimum absolute atomic E-state index is 0. The Hall–Kier alpha value is -1.10. The summed E-state index contributed by atoms with van der Waals surface area (Å²) in [6.45, 7) is 1.49. The predicted octanol–water partition coefficient (Wildman–Crippen LogP) is 3.68. The highest BCUT2D eigenvalue weighted by Crippen LogP contribution is 2.32. The molecule has 146 valence electrons. The minimum atomic E-state index is -0.429. The number of nitrogens with zero attached hydrogens (tertiary/aromatic N) is 1. The number of hydrogen-bond acceptors (Lipinski definition) is 3. The Labute approximate surface area is 163 Å². The lowest BCUT2D eigenvalue weighted by Crippen LogP contribution is -2.47.